The van der Waals surface area contributed by atoms with Gasteiger partial charge in [-0.25, -0.2) is 0 Å². The molecule has 0 aromatic heterocycles. The van der Waals surface area contributed by atoms with Gasteiger partial charge in [0.25, 0.3) is 0 Å². The molecule has 2 atom stereocenters. The summed E-state index contributed by atoms with van der Waals surface area (Å²) in [6, 6.07) is 7.49. The van der Waals surface area contributed by atoms with Crippen molar-refractivity contribution in [2.45, 2.75) is 19.3 Å². The fourth-order valence-electron chi connectivity index (χ4n) is 2.32. The molecule has 0 spiro atoms. The lowest BCUT2D eigenvalue weighted by molar-refractivity contribution is -0.144. The lowest BCUT2D eigenvalue weighted by Gasteiger charge is -2.18. The third-order valence-electron chi connectivity index (χ3n) is 3.40. The van der Waals surface area contributed by atoms with Crippen molar-refractivity contribution in [3.63, 3.8) is 0 Å². The van der Waals surface area contributed by atoms with Crippen molar-refractivity contribution < 1.29 is 14.7 Å². The molecule has 0 saturated heterocycles. The number of benzene rings is 1. The quantitative estimate of drug-likeness (QED) is 0.901. The van der Waals surface area contributed by atoms with Crippen LogP contribution in [0.15, 0.2) is 24.3 Å². The van der Waals surface area contributed by atoms with E-state index in [0.29, 0.717) is 11.6 Å². The van der Waals surface area contributed by atoms with Crippen LogP contribution in [0.1, 0.15) is 24.8 Å². The third kappa shape index (κ3) is 3.26. The van der Waals surface area contributed by atoms with E-state index in [-0.39, 0.29) is 24.3 Å². The second-order valence-corrected chi connectivity index (χ2v) is 5.19. The third-order valence-corrected chi connectivity index (χ3v) is 3.64. The molecule has 5 heteroatoms. The molecule has 1 saturated carbocycles. The van der Waals surface area contributed by atoms with E-state index in [0.717, 1.165) is 12.0 Å². The Bertz CT molecular complexity index is 503. The van der Waals surface area contributed by atoms with Gasteiger partial charge in [-0.05, 0) is 37.0 Å². The minimum Gasteiger partial charge on any atom is -0.480 e. The maximum Gasteiger partial charge on any atom is 0.323 e. The fraction of sp³-hybridized carbons (Fsp3) is 0.429. The summed E-state index contributed by atoms with van der Waals surface area (Å²) in [5, 5.41) is 9.43. The van der Waals surface area contributed by atoms with Crippen LogP contribution in [0.3, 0.4) is 0 Å². The van der Waals surface area contributed by atoms with Gasteiger partial charge in [-0.1, -0.05) is 23.7 Å². The molecule has 19 heavy (non-hydrogen) atoms. The number of halogens is 1. The molecule has 1 N–H and O–H groups in total. The number of rotatable bonds is 5. The largest absolute Gasteiger partial charge is 0.480 e. The summed E-state index contributed by atoms with van der Waals surface area (Å²) in [6.45, 7) is 1.98. The first-order chi connectivity index (χ1) is 9.02. The molecule has 1 aliphatic rings. The number of nitrogens with zero attached hydrogens (tertiary/aromatic N) is 1. The first-order valence-corrected chi connectivity index (χ1v) is 6.66. The van der Waals surface area contributed by atoms with Crippen molar-refractivity contribution in [3.05, 3.63) is 34.9 Å². The molecular weight excluding hydrogens is 266 g/mol. The topological polar surface area (TPSA) is 57.6 Å². The Kier molecular flexibility index (Phi) is 4.10. The lowest BCUT2D eigenvalue weighted by Crippen LogP contribution is -2.36. The Balaban J connectivity index is 2.02. The van der Waals surface area contributed by atoms with Crippen molar-refractivity contribution in [2.24, 2.45) is 5.92 Å². The summed E-state index contributed by atoms with van der Waals surface area (Å²) < 4.78 is 0. The second-order valence-electron chi connectivity index (χ2n) is 4.75. The SMILES string of the molecule is CCN(CC(=O)O)C(=O)C1CC1c1cccc(Cl)c1. The van der Waals surface area contributed by atoms with Gasteiger partial charge in [0.05, 0.1) is 0 Å². The number of hydrogen-bond acceptors (Lipinski definition) is 2. The molecule has 0 radical (unpaired) electrons. The molecule has 1 aromatic carbocycles. The first kappa shape index (κ1) is 13.9. The zero-order valence-electron chi connectivity index (χ0n) is 10.7. The standard InChI is InChI=1S/C14H16ClNO3/c1-2-16(8-13(17)18)14(19)12-7-11(12)9-4-3-5-10(15)6-9/h3-6,11-12H,2,7-8H2,1H3,(H,17,18). The van der Waals surface area contributed by atoms with Crippen molar-refractivity contribution >= 4 is 23.5 Å². The average Bonchev–Trinajstić information content (AvgIpc) is 3.15. The Labute approximate surface area is 117 Å². The minimum atomic E-state index is -0.977. The van der Waals surface area contributed by atoms with Crippen molar-refractivity contribution in [3.8, 4) is 0 Å². The maximum absolute atomic E-state index is 12.2. The smallest absolute Gasteiger partial charge is 0.323 e. The van der Waals surface area contributed by atoms with Gasteiger partial charge in [-0.2, -0.15) is 0 Å². The molecular formula is C14H16ClNO3. The summed E-state index contributed by atoms with van der Waals surface area (Å²) in [4.78, 5) is 24.3. The van der Waals surface area contributed by atoms with Gasteiger partial charge >= 0.3 is 5.97 Å². The molecule has 2 rings (SSSR count). The second kappa shape index (κ2) is 5.61. The van der Waals surface area contributed by atoms with Crippen LogP contribution in [-0.2, 0) is 9.59 Å². The van der Waals surface area contributed by atoms with Crippen molar-refractivity contribution in [1.82, 2.24) is 4.90 Å². The number of hydrogen-bond donors (Lipinski definition) is 1. The van der Waals surface area contributed by atoms with Gasteiger partial charge < -0.3 is 10.0 Å². The predicted molar refractivity (Wildman–Crippen MR) is 72.2 cm³/mol. The Morgan fingerprint density at radius 2 is 2.21 bits per heavy atom. The highest BCUT2D eigenvalue weighted by Crippen LogP contribution is 2.48. The van der Waals surface area contributed by atoms with Gasteiger partial charge in [0.2, 0.25) is 5.91 Å². The van der Waals surface area contributed by atoms with Crippen LogP contribution in [0.25, 0.3) is 0 Å². The van der Waals surface area contributed by atoms with E-state index in [1.54, 1.807) is 13.0 Å². The zero-order valence-corrected chi connectivity index (χ0v) is 11.4. The van der Waals surface area contributed by atoms with Crippen LogP contribution in [0, 0.1) is 5.92 Å². The van der Waals surface area contributed by atoms with Crippen LogP contribution in [0.4, 0.5) is 0 Å². The van der Waals surface area contributed by atoms with Crippen LogP contribution in [0.2, 0.25) is 5.02 Å². The van der Waals surface area contributed by atoms with Gasteiger partial charge in [-0.15, -0.1) is 0 Å². The number of aliphatic carboxylic acids is 1. The first-order valence-electron chi connectivity index (χ1n) is 6.29. The van der Waals surface area contributed by atoms with E-state index in [1.165, 1.54) is 4.90 Å². The van der Waals surface area contributed by atoms with Gasteiger partial charge in [0.15, 0.2) is 0 Å². The molecule has 0 bridgehead atoms. The average molecular weight is 282 g/mol. The number of likely N-dealkylation sites (N-methyl/N-ethyl adjacent to an activating group) is 1. The summed E-state index contributed by atoms with van der Waals surface area (Å²) >= 11 is 5.93. The predicted octanol–water partition coefficient (Wildman–Crippen LogP) is 2.38. The summed E-state index contributed by atoms with van der Waals surface area (Å²) in [5.41, 5.74) is 1.05. The number of carbonyl (C=O) groups is 2. The lowest BCUT2D eigenvalue weighted by atomic mass is 10.1. The highest BCUT2D eigenvalue weighted by molar-refractivity contribution is 6.30. The molecule has 2 unspecified atom stereocenters. The molecule has 1 aliphatic carbocycles. The molecule has 0 aliphatic heterocycles. The van der Waals surface area contributed by atoms with Crippen molar-refractivity contribution in [2.75, 3.05) is 13.1 Å². The summed E-state index contributed by atoms with van der Waals surface area (Å²) in [7, 11) is 0. The maximum atomic E-state index is 12.2. The van der Waals surface area contributed by atoms with E-state index in [2.05, 4.69) is 0 Å². The Morgan fingerprint density at radius 1 is 1.47 bits per heavy atom. The highest BCUT2D eigenvalue weighted by Gasteiger charge is 2.45. The van der Waals surface area contributed by atoms with Gasteiger partial charge in [-0.3, -0.25) is 9.59 Å². The Hall–Kier alpha value is -1.55. The van der Waals surface area contributed by atoms with E-state index in [1.807, 2.05) is 18.2 Å². The van der Waals surface area contributed by atoms with Crippen LogP contribution in [-0.4, -0.2) is 35.0 Å². The molecule has 102 valence electrons. The van der Waals surface area contributed by atoms with Gasteiger partial charge in [0.1, 0.15) is 6.54 Å². The van der Waals surface area contributed by atoms with E-state index in [9.17, 15) is 9.59 Å². The summed E-state index contributed by atoms with van der Waals surface area (Å²) in [5.74, 6) is -0.975. The highest BCUT2D eigenvalue weighted by atomic mass is 35.5. The monoisotopic (exact) mass is 281 g/mol. The number of amides is 1. The fourth-order valence-corrected chi connectivity index (χ4v) is 2.52. The van der Waals surface area contributed by atoms with Crippen LogP contribution >= 0.6 is 11.6 Å². The van der Waals surface area contributed by atoms with Gasteiger partial charge in [0, 0.05) is 17.5 Å². The summed E-state index contributed by atoms with van der Waals surface area (Å²) in [6.07, 6.45) is 0.773. The molecule has 0 heterocycles. The van der Waals surface area contributed by atoms with E-state index < -0.39 is 5.97 Å². The van der Waals surface area contributed by atoms with E-state index >= 15 is 0 Å². The normalized spacial score (nSPS) is 20.9. The molecule has 1 amide bonds. The number of carboxylic acid groups (broad SMARTS) is 1. The number of carbonyl (C=O) groups excluding carboxylic acids is 1. The Morgan fingerprint density at radius 3 is 2.79 bits per heavy atom. The molecule has 1 aromatic rings. The molecule has 4 nitrogen and oxygen atoms in total. The van der Waals surface area contributed by atoms with E-state index in [4.69, 9.17) is 16.7 Å². The van der Waals surface area contributed by atoms with Crippen LogP contribution in [0.5, 0.6) is 0 Å². The minimum absolute atomic E-state index is 0.0742. The number of carboxylic acids is 1. The zero-order chi connectivity index (χ0) is 14.0. The van der Waals surface area contributed by atoms with Crippen molar-refractivity contribution in [1.29, 1.82) is 0 Å². The molecule has 1 fully saturated rings. The van der Waals surface area contributed by atoms with Crippen LogP contribution < -0.4 is 0 Å².